The van der Waals surface area contributed by atoms with Gasteiger partial charge in [-0.25, -0.2) is 4.98 Å². The number of anilines is 1. The Labute approximate surface area is 116 Å². The Morgan fingerprint density at radius 1 is 1.47 bits per heavy atom. The van der Waals surface area contributed by atoms with Crippen LogP contribution in [0, 0.1) is 12.8 Å². The number of ether oxygens (including phenoxy) is 2. The average Bonchev–Trinajstić information content (AvgIpc) is 2.73. The van der Waals surface area contributed by atoms with E-state index in [9.17, 15) is 0 Å². The number of hydrogen-bond donors (Lipinski definition) is 1. The van der Waals surface area contributed by atoms with E-state index < -0.39 is 0 Å². The second-order valence-electron chi connectivity index (χ2n) is 4.89. The fourth-order valence-corrected chi connectivity index (χ4v) is 1.95. The molecule has 1 unspecified atom stereocenters. The lowest BCUT2D eigenvalue weighted by atomic mass is 10.2. The van der Waals surface area contributed by atoms with Crippen LogP contribution in [-0.2, 0) is 16.0 Å². The quantitative estimate of drug-likeness (QED) is 0.662. The third-order valence-electron chi connectivity index (χ3n) is 2.85. The smallest absolute Gasteiger partial charge is 0.203 e. The van der Waals surface area contributed by atoms with Gasteiger partial charge in [-0.05, 0) is 26.2 Å². The Kier molecular flexibility index (Phi) is 7.52. The predicted molar refractivity (Wildman–Crippen MR) is 77.6 cm³/mol. The van der Waals surface area contributed by atoms with Crippen molar-refractivity contribution in [3.05, 3.63) is 11.9 Å². The number of hydrogen-bond acceptors (Lipinski definition) is 4. The van der Waals surface area contributed by atoms with Crippen LogP contribution in [0.25, 0.3) is 0 Å². The van der Waals surface area contributed by atoms with Gasteiger partial charge in [-0.15, -0.1) is 0 Å². The van der Waals surface area contributed by atoms with Gasteiger partial charge in [-0.3, -0.25) is 0 Å². The molecule has 1 aromatic heterocycles. The Morgan fingerprint density at radius 2 is 2.26 bits per heavy atom. The number of nitrogens with one attached hydrogen (secondary N) is 1. The molecule has 5 nitrogen and oxygen atoms in total. The molecular formula is C14H27N3O2. The van der Waals surface area contributed by atoms with Crippen molar-refractivity contribution >= 4 is 5.95 Å². The first-order valence-electron chi connectivity index (χ1n) is 7.01. The van der Waals surface area contributed by atoms with Crippen LogP contribution >= 0.6 is 0 Å². The van der Waals surface area contributed by atoms with E-state index in [1.807, 2.05) is 13.8 Å². The molecule has 0 aromatic carbocycles. The van der Waals surface area contributed by atoms with Crippen LogP contribution in [0.4, 0.5) is 5.95 Å². The molecule has 0 aliphatic carbocycles. The van der Waals surface area contributed by atoms with Crippen molar-refractivity contribution in [1.82, 2.24) is 9.55 Å². The second-order valence-corrected chi connectivity index (χ2v) is 4.89. The minimum Gasteiger partial charge on any atom is -0.384 e. The number of rotatable bonds is 10. The van der Waals surface area contributed by atoms with Crippen molar-refractivity contribution in [2.75, 3.05) is 38.8 Å². The maximum absolute atomic E-state index is 5.36. The molecule has 5 heteroatoms. The molecule has 1 atom stereocenters. The molecule has 0 bridgehead atoms. The number of methoxy groups -OCH3 is 1. The predicted octanol–water partition coefficient (Wildman–Crippen LogP) is 2.31. The van der Waals surface area contributed by atoms with Crippen LogP contribution < -0.4 is 5.32 Å². The minimum atomic E-state index is 0.471. The topological polar surface area (TPSA) is 48.3 Å². The third-order valence-corrected chi connectivity index (χ3v) is 2.85. The molecular weight excluding hydrogens is 242 g/mol. The molecule has 1 rings (SSSR count). The van der Waals surface area contributed by atoms with Crippen molar-refractivity contribution < 1.29 is 9.47 Å². The Hall–Kier alpha value is -1.07. The molecule has 1 N–H and O–H groups in total. The molecule has 0 spiro atoms. The Morgan fingerprint density at radius 3 is 2.95 bits per heavy atom. The molecule has 0 saturated heterocycles. The van der Waals surface area contributed by atoms with Crippen molar-refractivity contribution in [3.63, 3.8) is 0 Å². The zero-order chi connectivity index (χ0) is 14.1. The summed E-state index contributed by atoms with van der Waals surface area (Å²) in [6.45, 7) is 10.3. The van der Waals surface area contributed by atoms with Gasteiger partial charge in [-0.1, -0.05) is 6.92 Å². The molecule has 1 heterocycles. The van der Waals surface area contributed by atoms with E-state index in [1.54, 1.807) is 7.11 Å². The molecule has 110 valence electrons. The van der Waals surface area contributed by atoms with Crippen LogP contribution in [0.15, 0.2) is 6.20 Å². The summed E-state index contributed by atoms with van der Waals surface area (Å²) in [6.07, 6.45) is 3.08. The first-order chi connectivity index (χ1) is 9.17. The summed E-state index contributed by atoms with van der Waals surface area (Å²) in [4.78, 5) is 4.51. The summed E-state index contributed by atoms with van der Waals surface area (Å²) in [7, 11) is 1.73. The van der Waals surface area contributed by atoms with Gasteiger partial charge in [-0.2, -0.15) is 0 Å². The van der Waals surface area contributed by atoms with Gasteiger partial charge < -0.3 is 19.4 Å². The van der Waals surface area contributed by atoms with E-state index >= 15 is 0 Å². The SMILES string of the molecule is CCOCCCn1cc(C)nc1NCC(C)COC. The van der Waals surface area contributed by atoms with Crippen LogP contribution in [0.1, 0.15) is 26.0 Å². The number of imidazole rings is 1. The fourth-order valence-electron chi connectivity index (χ4n) is 1.95. The number of aromatic nitrogens is 2. The molecule has 0 radical (unpaired) electrons. The summed E-state index contributed by atoms with van der Waals surface area (Å²) < 4.78 is 12.7. The highest BCUT2D eigenvalue weighted by atomic mass is 16.5. The van der Waals surface area contributed by atoms with Gasteiger partial charge in [0.1, 0.15) is 0 Å². The molecule has 19 heavy (non-hydrogen) atoms. The normalized spacial score (nSPS) is 12.6. The highest BCUT2D eigenvalue weighted by Gasteiger charge is 2.07. The maximum Gasteiger partial charge on any atom is 0.203 e. The lowest BCUT2D eigenvalue weighted by Gasteiger charge is -2.13. The second kappa shape index (κ2) is 8.93. The van der Waals surface area contributed by atoms with E-state index in [4.69, 9.17) is 9.47 Å². The zero-order valence-electron chi connectivity index (χ0n) is 12.6. The summed E-state index contributed by atoms with van der Waals surface area (Å²) in [6, 6.07) is 0. The lowest BCUT2D eigenvalue weighted by molar-refractivity contribution is 0.141. The molecule has 0 aliphatic heterocycles. The fraction of sp³-hybridized carbons (Fsp3) is 0.786. The lowest BCUT2D eigenvalue weighted by Crippen LogP contribution is -2.18. The number of nitrogens with zero attached hydrogens (tertiary/aromatic N) is 2. The Bertz CT molecular complexity index is 352. The zero-order valence-corrected chi connectivity index (χ0v) is 12.6. The summed E-state index contributed by atoms with van der Waals surface area (Å²) in [5, 5.41) is 3.39. The molecule has 0 saturated carbocycles. The number of aryl methyl sites for hydroxylation is 2. The van der Waals surface area contributed by atoms with Gasteiger partial charge in [0.25, 0.3) is 0 Å². The highest BCUT2D eigenvalue weighted by molar-refractivity contribution is 5.28. The van der Waals surface area contributed by atoms with E-state index in [0.717, 1.165) is 51.0 Å². The van der Waals surface area contributed by atoms with Crippen LogP contribution in [0.2, 0.25) is 0 Å². The minimum absolute atomic E-state index is 0.471. The summed E-state index contributed by atoms with van der Waals surface area (Å²) >= 11 is 0. The molecule has 0 amide bonds. The first kappa shape index (κ1) is 16.0. The van der Waals surface area contributed by atoms with Crippen LogP contribution in [0.3, 0.4) is 0 Å². The van der Waals surface area contributed by atoms with Gasteiger partial charge >= 0.3 is 0 Å². The van der Waals surface area contributed by atoms with E-state index in [1.165, 1.54) is 0 Å². The summed E-state index contributed by atoms with van der Waals surface area (Å²) in [5.74, 6) is 1.41. The standard InChI is InChI=1S/C14H27N3O2/c1-5-19-8-6-7-17-10-13(3)16-14(17)15-9-12(2)11-18-4/h10,12H,5-9,11H2,1-4H3,(H,15,16). The van der Waals surface area contributed by atoms with E-state index in [2.05, 4.69) is 28.0 Å². The van der Waals surface area contributed by atoms with Crippen LogP contribution in [-0.4, -0.2) is 43.0 Å². The van der Waals surface area contributed by atoms with Gasteiger partial charge in [0.2, 0.25) is 5.95 Å². The molecule has 1 aromatic rings. The molecule has 0 fully saturated rings. The van der Waals surface area contributed by atoms with Crippen molar-refractivity contribution in [1.29, 1.82) is 0 Å². The Balaban J connectivity index is 2.43. The van der Waals surface area contributed by atoms with Gasteiger partial charge in [0.15, 0.2) is 0 Å². The average molecular weight is 269 g/mol. The maximum atomic E-state index is 5.36. The molecule has 0 aliphatic rings. The van der Waals surface area contributed by atoms with E-state index in [-0.39, 0.29) is 0 Å². The van der Waals surface area contributed by atoms with Crippen LogP contribution in [0.5, 0.6) is 0 Å². The largest absolute Gasteiger partial charge is 0.384 e. The summed E-state index contributed by atoms with van der Waals surface area (Å²) in [5.41, 5.74) is 1.04. The van der Waals surface area contributed by atoms with Crippen molar-refractivity contribution in [2.45, 2.75) is 33.7 Å². The van der Waals surface area contributed by atoms with Gasteiger partial charge in [0, 0.05) is 39.6 Å². The van der Waals surface area contributed by atoms with E-state index in [0.29, 0.717) is 5.92 Å². The van der Waals surface area contributed by atoms with Gasteiger partial charge in [0.05, 0.1) is 12.3 Å². The highest BCUT2D eigenvalue weighted by Crippen LogP contribution is 2.10. The first-order valence-corrected chi connectivity index (χ1v) is 7.01. The van der Waals surface area contributed by atoms with Crippen molar-refractivity contribution in [2.24, 2.45) is 5.92 Å². The van der Waals surface area contributed by atoms with Crippen molar-refractivity contribution in [3.8, 4) is 0 Å². The monoisotopic (exact) mass is 269 g/mol. The third kappa shape index (κ3) is 6.07.